The van der Waals surface area contributed by atoms with Crippen molar-refractivity contribution in [3.8, 4) is 0 Å². The van der Waals surface area contributed by atoms with Crippen LogP contribution in [0.1, 0.15) is 322 Å². The SMILES string of the molecule is C=C1C=C(C(C)(C)C)C=CC1.C=CC(C)(C)C.CC(C)(C)C1=CCC(=O)C=C1.CC(C)(C)c1ccccn1.CC(C)(C)c1ccn[nH]1.CC(C)(C)c1cncs1.CC(C)C(C)(C)C.Cc1c(C(C)(C)C)cnn1C.Cc1nc(C(C)(C)C)cs1.Cc1ncc(C(C)(C)C)n1C.Cc1nn(C)c(C)c1C(C)(C)C. The van der Waals surface area contributed by atoms with Crippen LogP contribution in [0.4, 0.5) is 0 Å². The zero-order valence-electron chi connectivity index (χ0n) is 76.5. The molecule has 0 aromatic carbocycles. The summed E-state index contributed by atoms with van der Waals surface area (Å²) >= 11 is 3.44. The van der Waals surface area contributed by atoms with Crippen molar-refractivity contribution in [2.45, 2.75) is 328 Å². The summed E-state index contributed by atoms with van der Waals surface area (Å²) in [6.45, 7) is 94.7. The number of allylic oxidation sites excluding steroid dienone is 10. The maximum Gasteiger partial charge on any atom is 0.159 e. The molecule has 1 N–H and O–H groups in total. The number of carbonyl (C=O) groups excluding carboxylic acids is 1. The Hall–Kier alpha value is -6.64. The van der Waals surface area contributed by atoms with Crippen molar-refractivity contribution >= 4 is 28.5 Å². The number of hydrogen-bond donors (Lipinski definition) is 1. The number of carbonyl (C=O) groups is 1. The summed E-state index contributed by atoms with van der Waals surface area (Å²) in [6, 6.07) is 8.02. The molecular formula is C93H157N11OS2. The van der Waals surface area contributed by atoms with Gasteiger partial charge in [-0.15, -0.1) is 29.3 Å². The molecule has 0 amide bonds. The van der Waals surface area contributed by atoms with E-state index in [9.17, 15) is 4.79 Å². The molecule has 107 heavy (non-hydrogen) atoms. The van der Waals surface area contributed by atoms with Crippen molar-refractivity contribution < 1.29 is 4.79 Å². The number of nitrogens with zero attached hydrogens (tertiary/aromatic N) is 10. The highest BCUT2D eigenvalue weighted by atomic mass is 32.1. The first-order valence-electron chi connectivity index (χ1n) is 38.3. The summed E-state index contributed by atoms with van der Waals surface area (Å²) in [5.41, 5.74) is 19.7. The summed E-state index contributed by atoms with van der Waals surface area (Å²) in [5.74, 6) is 2.08. The number of pyridine rings is 1. The average Bonchev–Trinajstić information content (AvgIpc) is 1.74. The maximum absolute atomic E-state index is 10.8. The summed E-state index contributed by atoms with van der Waals surface area (Å²) in [4.78, 5) is 29.1. The standard InChI is InChI=1S/C11H16.C10H18N2.C10H14O.2C9H16N2.C9H13N.C8H13NS.C7H12N2.C7H11NS.C7H16.C6H12/c1-9-6-5-7-10(8-9)11(2,3)4;1-7-9(10(3,4)5)8(2)12(6)11-7;1-10(2,3)8-4-6-9(11)7-5-8;1-7-10-6-8(11(7)5)9(2,3)4;1-7-8(9(2,3)4)6-10-11(7)5;1-9(2,3)8-6-4-5-7-10-8;1-6-9-7(5-10-6)8(2,3)4;1-7(2,3)6-4-5-8-9-6;1-7(2,3)6-4-8-5-9-6;1-6(2)7(3,4)5;1-5-6(2,3)4/h5,7-8H,1,6H2,2-4H3;1-6H3;4-6H,7H2,1-3H3;2*6H,1-5H3;4-7H,1-3H3;5H,1-4H3;4-5H,1-3H3,(H,8,9);4-5H,1-3H3;6H,1-5H3;5H,1H2,2-4H3. The molecule has 7 aromatic rings. The number of aromatic amines is 1. The van der Waals surface area contributed by atoms with Gasteiger partial charge in [0.05, 0.1) is 28.1 Å². The predicted octanol–water partition coefficient (Wildman–Crippen LogP) is 26.5. The number of hydrogen-bond acceptors (Lipinski definition) is 10. The molecular weight excluding hydrogens is 1350 g/mol. The second-order valence-corrected chi connectivity index (χ2v) is 41.8. The minimum atomic E-state index is 0.178. The Balaban J connectivity index is 0. The van der Waals surface area contributed by atoms with Crippen LogP contribution in [0.5, 0.6) is 0 Å². The lowest BCUT2D eigenvalue weighted by Crippen LogP contribution is -2.16. The van der Waals surface area contributed by atoms with E-state index in [0.717, 1.165) is 34.6 Å². The highest BCUT2D eigenvalue weighted by Crippen LogP contribution is 2.33. The third-order valence-electron chi connectivity index (χ3n) is 17.7. The molecule has 7 aromatic heterocycles. The second-order valence-electron chi connectivity index (χ2n) is 39.9. The van der Waals surface area contributed by atoms with Gasteiger partial charge in [-0.05, 0) is 126 Å². The summed E-state index contributed by atoms with van der Waals surface area (Å²) in [6.07, 6.45) is 25.2. The molecule has 0 aliphatic heterocycles. The lowest BCUT2D eigenvalue weighted by molar-refractivity contribution is -0.113. The summed E-state index contributed by atoms with van der Waals surface area (Å²) in [7, 11) is 6.03. The topological polar surface area (TPSA) is 138 Å². The molecule has 0 spiro atoms. The van der Waals surface area contributed by atoms with Crippen LogP contribution in [0.25, 0.3) is 0 Å². The van der Waals surface area contributed by atoms with Crippen molar-refractivity contribution in [2.75, 3.05) is 0 Å². The predicted molar refractivity (Wildman–Crippen MR) is 472 cm³/mol. The van der Waals surface area contributed by atoms with Crippen LogP contribution in [0.15, 0.2) is 139 Å². The van der Waals surface area contributed by atoms with Crippen LogP contribution < -0.4 is 0 Å². The fraction of sp³-hybridized carbons (Fsp3) is 0.613. The van der Waals surface area contributed by atoms with Gasteiger partial charge in [0, 0.05) is 118 Å². The number of aromatic nitrogens is 11. The Labute approximate surface area is 665 Å². The first-order chi connectivity index (χ1) is 48.0. The van der Waals surface area contributed by atoms with Crippen LogP contribution in [0, 0.1) is 62.2 Å². The van der Waals surface area contributed by atoms with Crippen LogP contribution in [-0.4, -0.2) is 60.0 Å². The Bertz CT molecular complexity index is 3700. The van der Waals surface area contributed by atoms with E-state index in [1.807, 2.05) is 104 Å². The minimum absolute atomic E-state index is 0.178. The van der Waals surface area contributed by atoms with Crippen molar-refractivity contribution in [3.63, 3.8) is 0 Å². The van der Waals surface area contributed by atoms with E-state index in [-0.39, 0.29) is 54.5 Å². The lowest BCUT2D eigenvalue weighted by Gasteiger charge is -2.22. The van der Waals surface area contributed by atoms with Crippen LogP contribution in [0.2, 0.25) is 0 Å². The van der Waals surface area contributed by atoms with Gasteiger partial charge in [0.2, 0.25) is 0 Å². The van der Waals surface area contributed by atoms with E-state index in [1.165, 1.54) is 61.2 Å². The van der Waals surface area contributed by atoms with Crippen molar-refractivity contribution in [1.29, 1.82) is 0 Å². The van der Waals surface area contributed by atoms with Gasteiger partial charge < -0.3 is 4.57 Å². The van der Waals surface area contributed by atoms with Crippen molar-refractivity contribution in [3.05, 3.63) is 205 Å². The zero-order valence-corrected chi connectivity index (χ0v) is 78.1. The highest BCUT2D eigenvalue weighted by molar-refractivity contribution is 7.10. The number of rotatable bonds is 0. The number of thiazole rings is 2. The fourth-order valence-corrected chi connectivity index (χ4v) is 10.8. The Morgan fingerprint density at radius 2 is 1.08 bits per heavy atom. The molecule has 0 saturated carbocycles. The third-order valence-corrected chi connectivity index (χ3v) is 19.6. The largest absolute Gasteiger partial charge is 0.335 e. The first kappa shape index (κ1) is 102. The molecule has 7 heterocycles. The van der Waals surface area contributed by atoms with Crippen LogP contribution in [-0.2, 0) is 63.8 Å². The van der Waals surface area contributed by atoms with Gasteiger partial charge in [0.25, 0.3) is 0 Å². The van der Waals surface area contributed by atoms with Gasteiger partial charge in [-0.25, -0.2) is 9.97 Å². The maximum atomic E-state index is 10.8. The van der Waals surface area contributed by atoms with Crippen LogP contribution in [0.3, 0.4) is 0 Å². The van der Waals surface area contributed by atoms with E-state index < -0.39 is 0 Å². The van der Waals surface area contributed by atoms with E-state index >= 15 is 0 Å². The van der Waals surface area contributed by atoms with Gasteiger partial charge in [-0.1, -0.05) is 297 Å². The molecule has 0 radical (unpaired) electrons. The quantitative estimate of drug-likeness (QED) is 0.148. The molecule has 12 nitrogen and oxygen atoms in total. The van der Waals surface area contributed by atoms with E-state index in [4.69, 9.17) is 0 Å². The zero-order chi connectivity index (χ0) is 84.3. The molecule has 0 saturated heterocycles. The molecule has 0 atom stereocenters. The molecule has 2 aliphatic carbocycles. The number of H-pyrrole nitrogens is 1. The minimum Gasteiger partial charge on any atom is -0.335 e. The van der Waals surface area contributed by atoms with Crippen molar-refractivity contribution in [1.82, 2.24) is 54.3 Å². The Kier molecular flexibility index (Phi) is 41.2. The van der Waals surface area contributed by atoms with E-state index in [1.54, 1.807) is 34.9 Å². The molecule has 0 bridgehead atoms. The molecule has 602 valence electrons. The van der Waals surface area contributed by atoms with Crippen molar-refractivity contribution in [2.24, 2.45) is 48.7 Å². The normalized spacial score (nSPS) is 13.3. The van der Waals surface area contributed by atoms with Gasteiger partial charge >= 0.3 is 0 Å². The van der Waals surface area contributed by atoms with Gasteiger partial charge in [-0.3, -0.25) is 29.2 Å². The van der Waals surface area contributed by atoms with Crippen LogP contribution >= 0.6 is 22.7 Å². The second kappa shape index (κ2) is 43.1. The average molecular weight is 1510 g/mol. The Morgan fingerprint density at radius 1 is 0.551 bits per heavy atom. The van der Waals surface area contributed by atoms with E-state index in [2.05, 4.69) is 358 Å². The fourth-order valence-electron chi connectivity index (χ4n) is 9.28. The Morgan fingerprint density at radius 3 is 1.30 bits per heavy atom. The number of ketones is 1. The summed E-state index contributed by atoms with van der Waals surface area (Å²) < 4.78 is 6.01. The molecule has 0 fully saturated rings. The monoisotopic (exact) mass is 1510 g/mol. The number of imidazole rings is 1. The molecule has 0 unspecified atom stereocenters. The smallest absolute Gasteiger partial charge is 0.159 e. The highest BCUT2D eigenvalue weighted by Gasteiger charge is 2.24. The van der Waals surface area contributed by atoms with Gasteiger partial charge in [0.1, 0.15) is 5.82 Å². The van der Waals surface area contributed by atoms with Gasteiger partial charge in [0.15, 0.2) is 5.78 Å². The molecule has 2 aliphatic rings. The number of nitrogens with one attached hydrogen (secondary N) is 1. The third kappa shape index (κ3) is 42.2. The molecule has 9 rings (SSSR count). The molecule has 14 heteroatoms. The van der Waals surface area contributed by atoms with E-state index in [0.29, 0.717) is 17.3 Å². The lowest BCUT2D eigenvalue weighted by atomic mass is 9.83. The number of aryl methyl sites for hydroxylation is 5. The van der Waals surface area contributed by atoms with Gasteiger partial charge in [-0.2, -0.15) is 15.3 Å². The first-order valence-corrected chi connectivity index (χ1v) is 40.1. The summed E-state index contributed by atoms with van der Waals surface area (Å²) in [5, 5.41) is 18.7.